The molecule has 0 bridgehead atoms. The topological polar surface area (TPSA) is 55.4 Å². The minimum absolute atomic E-state index is 0.0385. The molecular formula is C25H24N3O3S4+. The van der Waals surface area contributed by atoms with E-state index in [-0.39, 0.29) is 11.5 Å². The van der Waals surface area contributed by atoms with Crippen molar-refractivity contribution in [3.05, 3.63) is 81.8 Å². The number of ether oxygens (including phenoxy) is 1. The van der Waals surface area contributed by atoms with Crippen molar-refractivity contribution in [1.29, 1.82) is 0 Å². The lowest BCUT2D eigenvalue weighted by molar-refractivity contribution is -0.685. The fourth-order valence-corrected chi connectivity index (χ4v) is 8.26. The third-order valence-electron chi connectivity index (χ3n) is 5.83. The number of methoxy groups -OCH3 is 1. The maximum absolute atomic E-state index is 13.4. The molecule has 0 amide bonds. The Morgan fingerprint density at radius 3 is 2.80 bits per heavy atom. The summed E-state index contributed by atoms with van der Waals surface area (Å²) in [6.45, 7) is 5.24. The molecule has 1 aromatic carbocycles. The second-order valence-corrected chi connectivity index (χ2v) is 11.9. The normalized spacial score (nSPS) is 15.1. The Balaban J connectivity index is 1.58. The zero-order valence-corrected chi connectivity index (χ0v) is 23.0. The lowest BCUT2D eigenvalue weighted by Crippen LogP contribution is -2.36. The van der Waals surface area contributed by atoms with Gasteiger partial charge in [0.05, 0.1) is 24.3 Å². The number of fused-ring (bicyclic) bond motifs is 1. The van der Waals surface area contributed by atoms with E-state index in [1.54, 1.807) is 23.1 Å². The van der Waals surface area contributed by atoms with Crippen LogP contribution in [-0.2, 0) is 17.8 Å². The Bertz CT molecular complexity index is 1610. The molecule has 0 radical (unpaired) electrons. The number of hydrogen-bond acceptors (Lipinski definition) is 8. The smallest absolute Gasteiger partial charge is 0.348 e. The fourth-order valence-electron chi connectivity index (χ4n) is 4.01. The zero-order chi connectivity index (χ0) is 24.7. The van der Waals surface area contributed by atoms with Gasteiger partial charge in [-0.15, -0.1) is 22.7 Å². The first-order valence-corrected chi connectivity index (χ1v) is 14.4. The standard InChI is InChI=1S/C25H24N3O3S4/c1-5-28-20(13-19-27(9-11-32-19)14-16-8-10-33-21(16)25(30)31-4)35-22(23(28)29)24-26(3)17-7-6-15(2)12-18(17)34-24/h6-13H,5,14H2,1-4H3/q+1/b24-22+. The van der Waals surface area contributed by atoms with Crippen molar-refractivity contribution in [2.24, 2.45) is 0 Å². The van der Waals surface area contributed by atoms with E-state index in [1.807, 2.05) is 41.6 Å². The van der Waals surface area contributed by atoms with E-state index in [1.165, 1.54) is 40.2 Å². The van der Waals surface area contributed by atoms with E-state index in [0.717, 1.165) is 30.5 Å². The number of benzene rings is 1. The van der Waals surface area contributed by atoms with Crippen molar-refractivity contribution < 1.29 is 14.1 Å². The Morgan fingerprint density at radius 2 is 2.03 bits per heavy atom. The van der Waals surface area contributed by atoms with Crippen LogP contribution in [0.4, 0.5) is 5.69 Å². The van der Waals surface area contributed by atoms with Crippen LogP contribution in [0.1, 0.15) is 32.7 Å². The highest BCUT2D eigenvalue weighted by Gasteiger charge is 2.25. The first kappa shape index (κ1) is 24.1. The number of carbonyl (C=O) groups excluding carboxylic acids is 1. The molecule has 10 heteroatoms. The van der Waals surface area contributed by atoms with Crippen LogP contribution >= 0.6 is 45.8 Å². The molecule has 0 unspecified atom stereocenters. The van der Waals surface area contributed by atoms with Crippen LogP contribution in [0, 0.1) is 6.92 Å². The van der Waals surface area contributed by atoms with Gasteiger partial charge in [-0.05, 0) is 43.0 Å². The van der Waals surface area contributed by atoms with Gasteiger partial charge in [-0.3, -0.25) is 9.36 Å². The number of thiazole rings is 2. The van der Waals surface area contributed by atoms with E-state index < -0.39 is 0 Å². The molecule has 5 rings (SSSR count). The lowest BCUT2D eigenvalue weighted by Gasteiger charge is -2.12. The van der Waals surface area contributed by atoms with Crippen LogP contribution in [0.3, 0.4) is 0 Å². The number of nitrogens with zero attached hydrogens (tertiary/aromatic N) is 3. The van der Waals surface area contributed by atoms with Gasteiger partial charge in [0.1, 0.15) is 19.1 Å². The van der Waals surface area contributed by atoms with Gasteiger partial charge in [-0.2, -0.15) is 4.57 Å². The number of hydrogen-bond donors (Lipinski definition) is 0. The molecule has 0 saturated heterocycles. The van der Waals surface area contributed by atoms with Crippen molar-refractivity contribution >= 4 is 68.5 Å². The predicted octanol–water partition coefficient (Wildman–Crippen LogP) is 3.62. The molecule has 0 fully saturated rings. The van der Waals surface area contributed by atoms with Gasteiger partial charge in [0.2, 0.25) is 0 Å². The maximum Gasteiger partial charge on any atom is 0.348 e. The molecule has 4 heterocycles. The van der Waals surface area contributed by atoms with Crippen LogP contribution in [0.15, 0.2) is 50.9 Å². The van der Waals surface area contributed by atoms with Crippen molar-refractivity contribution in [2.75, 3.05) is 19.1 Å². The molecule has 0 spiro atoms. The summed E-state index contributed by atoms with van der Waals surface area (Å²) >= 11 is 6.18. The monoisotopic (exact) mass is 542 g/mol. The van der Waals surface area contributed by atoms with Gasteiger partial charge in [0.15, 0.2) is 12.7 Å². The lowest BCUT2D eigenvalue weighted by atomic mass is 10.2. The van der Waals surface area contributed by atoms with E-state index >= 15 is 0 Å². The van der Waals surface area contributed by atoms with E-state index in [0.29, 0.717) is 18.0 Å². The Kier molecular flexibility index (Phi) is 6.71. The summed E-state index contributed by atoms with van der Waals surface area (Å²) in [6, 6.07) is 8.35. The SMILES string of the molecule is CCn1c(=O)/c(=C2\Sc3cc(C)ccc3N2C)s/c1=C\c1scc[n+]1Cc1ccsc1C(=O)OC. The van der Waals surface area contributed by atoms with Crippen molar-refractivity contribution in [2.45, 2.75) is 31.8 Å². The second kappa shape index (κ2) is 9.77. The first-order valence-electron chi connectivity index (χ1n) is 11.0. The molecule has 0 atom stereocenters. The van der Waals surface area contributed by atoms with Crippen LogP contribution in [0.2, 0.25) is 0 Å². The van der Waals surface area contributed by atoms with E-state index in [9.17, 15) is 9.59 Å². The molecule has 0 aliphatic carbocycles. The van der Waals surface area contributed by atoms with E-state index in [2.05, 4.69) is 40.7 Å². The van der Waals surface area contributed by atoms with Crippen molar-refractivity contribution in [1.82, 2.24) is 4.57 Å². The highest BCUT2D eigenvalue weighted by Crippen LogP contribution is 2.45. The highest BCUT2D eigenvalue weighted by atomic mass is 32.2. The number of aryl methyl sites for hydroxylation is 1. The minimum Gasteiger partial charge on any atom is -0.465 e. The summed E-state index contributed by atoms with van der Waals surface area (Å²) in [5.74, 6) is -0.314. The Labute approximate surface area is 219 Å². The van der Waals surface area contributed by atoms with Gasteiger partial charge in [0.25, 0.3) is 10.6 Å². The number of anilines is 1. The molecule has 3 aromatic heterocycles. The summed E-state index contributed by atoms with van der Waals surface area (Å²) in [5.41, 5.74) is 3.30. The fraction of sp³-hybridized carbons (Fsp3) is 0.240. The molecule has 1 aliphatic rings. The summed E-state index contributed by atoms with van der Waals surface area (Å²) in [6.07, 6.45) is 4.08. The largest absolute Gasteiger partial charge is 0.465 e. The number of thioether (sulfide) groups is 1. The number of thiophene rings is 1. The quantitative estimate of drug-likeness (QED) is 0.285. The first-order chi connectivity index (χ1) is 16.9. The van der Waals surface area contributed by atoms with Crippen LogP contribution < -0.4 is 24.2 Å². The molecule has 1 aliphatic heterocycles. The minimum atomic E-state index is -0.314. The molecule has 180 valence electrons. The van der Waals surface area contributed by atoms with Crippen LogP contribution in [-0.4, -0.2) is 24.7 Å². The van der Waals surface area contributed by atoms with Gasteiger partial charge in [-0.1, -0.05) is 29.2 Å². The molecule has 0 N–H and O–H groups in total. The second-order valence-electron chi connectivity index (χ2n) is 8.04. The third kappa shape index (κ3) is 4.40. The summed E-state index contributed by atoms with van der Waals surface area (Å²) in [4.78, 5) is 29.5. The van der Waals surface area contributed by atoms with Gasteiger partial charge in [0, 0.05) is 24.1 Å². The Hall–Kier alpha value is -2.66. The number of esters is 1. The molecule has 6 nitrogen and oxygen atoms in total. The summed E-state index contributed by atoms with van der Waals surface area (Å²) in [5, 5.41) is 5.92. The zero-order valence-electron chi connectivity index (χ0n) is 19.7. The molecule has 4 aromatic rings. The third-order valence-corrected chi connectivity index (χ3v) is 10.1. The maximum atomic E-state index is 13.4. The van der Waals surface area contributed by atoms with Crippen LogP contribution in [0.25, 0.3) is 11.1 Å². The number of aromatic nitrogens is 2. The predicted molar refractivity (Wildman–Crippen MR) is 145 cm³/mol. The number of rotatable bonds is 5. The molecule has 0 saturated carbocycles. The Morgan fingerprint density at radius 1 is 1.20 bits per heavy atom. The number of carbonyl (C=O) groups is 1. The summed E-state index contributed by atoms with van der Waals surface area (Å²) in [7, 11) is 3.42. The molecule has 35 heavy (non-hydrogen) atoms. The molecular weight excluding hydrogens is 519 g/mol. The van der Waals surface area contributed by atoms with E-state index in [4.69, 9.17) is 4.74 Å². The van der Waals surface area contributed by atoms with Gasteiger partial charge in [-0.25, -0.2) is 4.79 Å². The highest BCUT2D eigenvalue weighted by molar-refractivity contribution is 8.08. The van der Waals surface area contributed by atoms with Crippen LogP contribution in [0.5, 0.6) is 0 Å². The van der Waals surface area contributed by atoms with Gasteiger partial charge < -0.3 is 9.64 Å². The van der Waals surface area contributed by atoms with Crippen molar-refractivity contribution in [3.8, 4) is 0 Å². The van der Waals surface area contributed by atoms with Gasteiger partial charge >= 0.3 is 5.97 Å². The average molecular weight is 543 g/mol. The summed E-state index contributed by atoms with van der Waals surface area (Å²) < 4.78 is 10.5. The van der Waals surface area contributed by atoms with Crippen molar-refractivity contribution in [3.63, 3.8) is 0 Å². The average Bonchev–Trinajstić information content (AvgIpc) is 3.61.